The Kier molecular flexibility index (Phi) is 5.08. The van der Waals surface area contributed by atoms with Crippen LogP contribution in [0.2, 0.25) is 0 Å². The molecule has 0 aliphatic carbocycles. The van der Waals surface area contributed by atoms with Gasteiger partial charge >= 0.3 is 0 Å². The van der Waals surface area contributed by atoms with Crippen molar-refractivity contribution in [2.45, 2.75) is 25.8 Å². The fourth-order valence-corrected chi connectivity index (χ4v) is 1.78. The van der Waals surface area contributed by atoms with E-state index in [1.54, 1.807) is 16.7 Å². The van der Waals surface area contributed by atoms with Gasteiger partial charge in [-0.25, -0.2) is 8.78 Å². The predicted molar refractivity (Wildman–Crippen MR) is 57.3 cm³/mol. The standard InChI is InChI=1S/C10H19F2N3O/c1-8(13)6-10(16)15-4-2-14(3-5-15)7-9(11)12/h8-9H,2-7,13H2,1H3. The van der Waals surface area contributed by atoms with E-state index in [2.05, 4.69) is 0 Å². The van der Waals surface area contributed by atoms with Crippen LogP contribution in [-0.2, 0) is 4.79 Å². The first-order valence-corrected chi connectivity index (χ1v) is 5.53. The molecule has 1 aliphatic rings. The topological polar surface area (TPSA) is 49.6 Å². The Labute approximate surface area is 94.4 Å². The maximum Gasteiger partial charge on any atom is 0.251 e. The molecule has 94 valence electrons. The Morgan fingerprint density at radius 2 is 1.88 bits per heavy atom. The average Bonchev–Trinajstić information content (AvgIpc) is 2.16. The molecule has 1 rings (SSSR count). The lowest BCUT2D eigenvalue weighted by atomic mass is 10.2. The molecule has 0 aromatic heterocycles. The molecular weight excluding hydrogens is 216 g/mol. The van der Waals surface area contributed by atoms with E-state index >= 15 is 0 Å². The van der Waals surface area contributed by atoms with Gasteiger partial charge in [0.15, 0.2) is 0 Å². The number of hydrogen-bond acceptors (Lipinski definition) is 3. The molecule has 1 fully saturated rings. The molecule has 16 heavy (non-hydrogen) atoms. The molecule has 6 heteroatoms. The third kappa shape index (κ3) is 4.40. The van der Waals surface area contributed by atoms with Crippen LogP contribution in [0.3, 0.4) is 0 Å². The summed E-state index contributed by atoms with van der Waals surface area (Å²) in [6.45, 7) is 3.68. The number of amides is 1. The van der Waals surface area contributed by atoms with E-state index in [9.17, 15) is 13.6 Å². The molecule has 1 unspecified atom stereocenters. The number of alkyl halides is 2. The lowest BCUT2D eigenvalue weighted by Crippen LogP contribution is -2.50. The van der Waals surface area contributed by atoms with Crippen LogP contribution < -0.4 is 5.73 Å². The van der Waals surface area contributed by atoms with Crippen LogP contribution >= 0.6 is 0 Å². The molecule has 1 heterocycles. The molecule has 0 saturated carbocycles. The molecule has 1 atom stereocenters. The second-order valence-corrected chi connectivity index (χ2v) is 4.25. The largest absolute Gasteiger partial charge is 0.340 e. The quantitative estimate of drug-likeness (QED) is 0.753. The summed E-state index contributed by atoms with van der Waals surface area (Å²) in [4.78, 5) is 15.0. The third-order valence-corrected chi connectivity index (χ3v) is 2.62. The Hall–Kier alpha value is -0.750. The second kappa shape index (κ2) is 6.10. The average molecular weight is 235 g/mol. The van der Waals surface area contributed by atoms with Crippen molar-refractivity contribution in [3.63, 3.8) is 0 Å². The number of halogens is 2. The van der Waals surface area contributed by atoms with Crippen LogP contribution in [0.5, 0.6) is 0 Å². The van der Waals surface area contributed by atoms with Crippen LogP contribution in [0.25, 0.3) is 0 Å². The van der Waals surface area contributed by atoms with Crippen LogP contribution in [0, 0.1) is 0 Å². The Bertz CT molecular complexity index is 228. The zero-order valence-electron chi connectivity index (χ0n) is 9.53. The molecule has 0 spiro atoms. The van der Waals surface area contributed by atoms with Crippen molar-refractivity contribution in [2.24, 2.45) is 5.73 Å². The second-order valence-electron chi connectivity index (χ2n) is 4.25. The van der Waals surface area contributed by atoms with Gasteiger partial charge in [0.2, 0.25) is 5.91 Å². The molecule has 0 radical (unpaired) electrons. The third-order valence-electron chi connectivity index (χ3n) is 2.62. The number of carbonyl (C=O) groups excluding carboxylic acids is 1. The first-order chi connectivity index (χ1) is 7.49. The summed E-state index contributed by atoms with van der Waals surface area (Å²) in [5.74, 6) is 0.0201. The highest BCUT2D eigenvalue weighted by atomic mass is 19.3. The zero-order valence-corrected chi connectivity index (χ0v) is 9.53. The molecule has 1 saturated heterocycles. The van der Waals surface area contributed by atoms with Gasteiger partial charge < -0.3 is 10.6 Å². The summed E-state index contributed by atoms with van der Waals surface area (Å²) in [6.07, 6.45) is -1.97. The highest BCUT2D eigenvalue weighted by molar-refractivity contribution is 5.76. The highest BCUT2D eigenvalue weighted by Crippen LogP contribution is 2.06. The van der Waals surface area contributed by atoms with E-state index in [1.807, 2.05) is 0 Å². The van der Waals surface area contributed by atoms with Gasteiger partial charge in [-0.2, -0.15) is 0 Å². The summed E-state index contributed by atoms with van der Waals surface area (Å²) in [7, 11) is 0. The summed E-state index contributed by atoms with van der Waals surface area (Å²) in [6, 6.07) is -0.147. The van der Waals surface area contributed by atoms with E-state index in [1.165, 1.54) is 0 Å². The van der Waals surface area contributed by atoms with E-state index in [-0.39, 0.29) is 18.5 Å². The van der Waals surface area contributed by atoms with Crippen molar-refractivity contribution >= 4 is 5.91 Å². The fraction of sp³-hybridized carbons (Fsp3) is 0.900. The fourth-order valence-electron chi connectivity index (χ4n) is 1.78. The number of piperazine rings is 1. The minimum absolute atomic E-state index is 0.0201. The summed E-state index contributed by atoms with van der Waals surface area (Å²) >= 11 is 0. The highest BCUT2D eigenvalue weighted by Gasteiger charge is 2.22. The van der Waals surface area contributed by atoms with Crippen molar-refractivity contribution in [1.82, 2.24) is 9.80 Å². The SMILES string of the molecule is CC(N)CC(=O)N1CCN(CC(F)F)CC1. The molecule has 0 aromatic carbocycles. The number of nitrogens with zero attached hydrogens (tertiary/aromatic N) is 2. The van der Waals surface area contributed by atoms with E-state index < -0.39 is 6.43 Å². The summed E-state index contributed by atoms with van der Waals surface area (Å²) in [5, 5.41) is 0. The smallest absolute Gasteiger partial charge is 0.251 e. The van der Waals surface area contributed by atoms with Crippen molar-refractivity contribution in [2.75, 3.05) is 32.7 Å². The minimum atomic E-state index is -2.30. The zero-order chi connectivity index (χ0) is 12.1. The van der Waals surface area contributed by atoms with Gasteiger partial charge in [0.25, 0.3) is 6.43 Å². The van der Waals surface area contributed by atoms with Crippen molar-refractivity contribution in [1.29, 1.82) is 0 Å². The van der Waals surface area contributed by atoms with Gasteiger partial charge in [0.05, 0.1) is 6.54 Å². The Balaban J connectivity index is 2.28. The number of nitrogens with two attached hydrogens (primary N) is 1. The van der Waals surface area contributed by atoms with Crippen LogP contribution in [-0.4, -0.2) is 60.9 Å². The molecule has 4 nitrogen and oxygen atoms in total. The van der Waals surface area contributed by atoms with Crippen molar-refractivity contribution < 1.29 is 13.6 Å². The van der Waals surface area contributed by atoms with Gasteiger partial charge in [0, 0.05) is 38.6 Å². The monoisotopic (exact) mass is 235 g/mol. The lowest BCUT2D eigenvalue weighted by molar-refractivity contribution is -0.133. The number of carbonyl (C=O) groups is 1. The molecule has 2 N–H and O–H groups in total. The Morgan fingerprint density at radius 3 is 2.31 bits per heavy atom. The number of rotatable bonds is 4. The van der Waals surface area contributed by atoms with Gasteiger partial charge in [-0.3, -0.25) is 9.69 Å². The normalized spacial score (nSPS) is 20.2. The predicted octanol–water partition coefficient (Wildman–Crippen LogP) is 0.133. The maximum atomic E-state index is 12.1. The first kappa shape index (κ1) is 13.3. The van der Waals surface area contributed by atoms with Crippen LogP contribution in [0.15, 0.2) is 0 Å². The van der Waals surface area contributed by atoms with Crippen molar-refractivity contribution in [3.8, 4) is 0 Å². The summed E-state index contributed by atoms with van der Waals surface area (Å²) < 4.78 is 24.2. The summed E-state index contributed by atoms with van der Waals surface area (Å²) in [5.41, 5.74) is 5.54. The molecule has 1 amide bonds. The van der Waals surface area contributed by atoms with Gasteiger partial charge in [0.1, 0.15) is 0 Å². The molecular formula is C10H19F2N3O. The molecule has 1 aliphatic heterocycles. The van der Waals surface area contributed by atoms with E-state index in [0.717, 1.165) is 0 Å². The van der Waals surface area contributed by atoms with E-state index in [0.29, 0.717) is 32.6 Å². The maximum absolute atomic E-state index is 12.1. The molecule has 0 aromatic rings. The Morgan fingerprint density at radius 1 is 1.31 bits per heavy atom. The van der Waals surface area contributed by atoms with E-state index in [4.69, 9.17) is 5.73 Å². The van der Waals surface area contributed by atoms with Crippen LogP contribution in [0.1, 0.15) is 13.3 Å². The lowest BCUT2D eigenvalue weighted by Gasteiger charge is -2.34. The number of hydrogen-bond donors (Lipinski definition) is 1. The first-order valence-electron chi connectivity index (χ1n) is 5.53. The van der Waals surface area contributed by atoms with Gasteiger partial charge in [-0.15, -0.1) is 0 Å². The van der Waals surface area contributed by atoms with Crippen LogP contribution in [0.4, 0.5) is 8.78 Å². The minimum Gasteiger partial charge on any atom is -0.340 e. The van der Waals surface area contributed by atoms with Gasteiger partial charge in [-0.1, -0.05) is 0 Å². The van der Waals surface area contributed by atoms with Crippen molar-refractivity contribution in [3.05, 3.63) is 0 Å². The molecule has 0 bridgehead atoms. The van der Waals surface area contributed by atoms with Gasteiger partial charge in [-0.05, 0) is 6.92 Å².